The SMILES string of the molecule is COC(=O)CCCC(=O)NC(OC)C(=O)NCc1ccccc1. The highest BCUT2D eigenvalue weighted by Gasteiger charge is 2.19. The fourth-order valence-corrected chi connectivity index (χ4v) is 1.82. The van der Waals surface area contributed by atoms with E-state index in [1.54, 1.807) is 0 Å². The van der Waals surface area contributed by atoms with E-state index in [0.717, 1.165) is 5.56 Å². The quantitative estimate of drug-likeness (QED) is 0.516. The summed E-state index contributed by atoms with van der Waals surface area (Å²) in [5.74, 6) is -1.17. The number of hydrogen-bond donors (Lipinski definition) is 2. The van der Waals surface area contributed by atoms with Crippen LogP contribution in [-0.2, 0) is 30.4 Å². The van der Waals surface area contributed by atoms with Crippen molar-refractivity contribution in [3.05, 3.63) is 35.9 Å². The maximum Gasteiger partial charge on any atom is 0.305 e. The van der Waals surface area contributed by atoms with Crippen LogP contribution in [0.25, 0.3) is 0 Å². The van der Waals surface area contributed by atoms with Crippen molar-refractivity contribution < 1.29 is 23.9 Å². The molecule has 1 atom stereocenters. The molecule has 0 heterocycles. The average Bonchev–Trinajstić information content (AvgIpc) is 2.58. The summed E-state index contributed by atoms with van der Waals surface area (Å²) >= 11 is 0. The van der Waals surface area contributed by atoms with E-state index in [4.69, 9.17) is 4.74 Å². The van der Waals surface area contributed by atoms with Crippen molar-refractivity contribution in [2.75, 3.05) is 14.2 Å². The molecule has 0 radical (unpaired) electrons. The number of hydrogen-bond acceptors (Lipinski definition) is 5. The Labute approximate surface area is 135 Å². The lowest BCUT2D eigenvalue weighted by atomic mass is 10.2. The summed E-state index contributed by atoms with van der Waals surface area (Å²) in [7, 11) is 2.63. The molecule has 23 heavy (non-hydrogen) atoms. The van der Waals surface area contributed by atoms with Gasteiger partial charge < -0.3 is 20.1 Å². The second-order valence-electron chi connectivity index (χ2n) is 4.82. The van der Waals surface area contributed by atoms with Crippen LogP contribution in [0.4, 0.5) is 0 Å². The van der Waals surface area contributed by atoms with Gasteiger partial charge in [0.2, 0.25) is 12.1 Å². The number of benzene rings is 1. The molecular weight excluding hydrogens is 300 g/mol. The van der Waals surface area contributed by atoms with Crippen LogP contribution >= 0.6 is 0 Å². The van der Waals surface area contributed by atoms with E-state index in [2.05, 4.69) is 15.4 Å². The third-order valence-corrected chi connectivity index (χ3v) is 3.09. The first kappa shape index (κ1) is 18.6. The minimum absolute atomic E-state index is 0.112. The van der Waals surface area contributed by atoms with Crippen LogP contribution in [0.5, 0.6) is 0 Å². The molecular formula is C16H22N2O5. The Bertz CT molecular complexity index is 518. The minimum atomic E-state index is -1.07. The fraction of sp³-hybridized carbons (Fsp3) is 0.438. The Morgan fingerprint density at radius 2 is 1.78 bits per heavy atom. The second-order valence-corrected chi connectivity index (χ2v) is 4.82. The molecule has 1 aromatic carbocycles. The molecule has 2 N–H and O–H groups in total. The molecule has 0 aliphatic rings. The highest BCUT2D eigenvalue weighted by atomic mass is 16.5. The normalized spacial score (nSPS) is 11.4. The highest BCUT2D eigenvalue weighted by Crippen LogP contribution is 2.00. The summed E-state index contributed by atoms with van der Waals surface area (Å²) < 4.78 is 9.47. The van der Waals surface area contributed by atoms with Crippen LogP contribution in [0.2, 0.25) is 0 Å². The number of carbonyl (C=O) groups excluding carboxylic acids is 3. The van der Waals surface area contributed by atoms with Gasteiger partial charge in [0, 0.05) is 26.5 Å². The number of nitrogens with one attached hydrogen (secondary N) is 2. The lowest BCUT2D eigenvalue weighted by Gasteiger charge is -2.16. The van der Waals surface area contributed by atoms with Crippen LogP contribution in [-0.4, -0.2) is 38.2 Å². The number of rotatable bonds is 9. The maximum absolute atomic E-state index is 12.0. The summed E-state index contributed by atoms with van der Waals surface area (Å²) in [6, 6.07) is 9.40. The summed E-state index contributed by atoms with van der Waals surface area (Å²) in [5, 5.41) is 5.16. The monoisotopic (exact) mass is 322 g/mol. The lowest BCUT2D eigenvalue weighted by Crippen LogP contribution is -2.47. The fourth-order valence-electron chi connectivity index (χ4n) is 1.82. The predicted molar refractivity (Wildman–Crippen MR) is 83.1 cm³/mol. The van der Waals surface area contributed by atoms with Gasteiger partial charge in [-0.25, -0.2) is 0 Å². The predicted octanol–water partition coefficient (Wildman–Crippen LogP) is 0.735. The lowest BCUT2D eigenvalue weighted by molar-refractivity contribution is -0.141. The molecule has 126 valence electrons. The Hall–Kier alpha value is -2.41. The van der Waals surface area contributed by atoms with Gasteiger partial charge in [-0.2, -0.15) is 0 Å². The summed E-state index contributed by atoms with van der Waals surface area (Å²) in [4.78, 5) is 34.7. The van der Waals surface area contributed by atoms with E-state index in [-0.39, 0.29) is 24.7 Å². The molecule has 1 rings (SSSR count). The van der Waals surface area contributed by atoms with Crippen molar-refractivity contribution in [3.8, 4) is 0 Å². The number of esters is 1. The van der Waals surface area contributed by atoms with Crippen molar-refractivity contribution in [1.82, 2.24) is 10.6 Å². The molecule has 1 aromatic rings. The zero-order valence-electron chi connectivity index (χ0n) is 13.3. The molecule has 0 fully saturated rings. The number of ether oxygens (including phenoxy) is 2. The number of methoxy groups -OCH3 is 2. The molecule has 0 aromatic heterocycles. The zero-order valence-corrected chi connectivity index (χ0v) is 13.3. The summed E-state index contributed by atoms with van der Waals surface area (Å²) in [6.07, 6.45) is -0.451. The topological polar surface area (TPSA) is 93.7 Å². The minimum Gasteiger partial charge on any atom is -0.469 e. The van der Waals surface area contributed by atoms with E-state index in [1.807, 2.05) is 30.3 Å². The smallest absolute Gasteiger partial charge is 0.305 e. The molecule has 0 spiro atoms. The van der Waals surface area contributed by atoms with Crippen LogP contribution < -0.4 is 10.6 Å². The molecule has 0 bridgehead atoms. The molecule has 7 nitrogen and oxygen atoms in total. The van der Waals surface area contributed by atoms with E-state index < -0.39 is 12.1 Å². The van der Waals surface area contributed by atoms with Crippen molar-refractivity contribution in [1.29, 1.82) is 0 Å². The molecule has 1 unspecified atom stereocenters. The van der Waals surface area contributed by atoms with Gasteiger partial charge in [-0.05, 0) is 12.0 Å². The summed E-state index contributed by atoms with van der Waals surface area (Å²) in [6.45, 7) is 0.345. The first-order chi connectivity index (χ1) is 11.1. The van der Waals surface area contributed by atoms with Crippen LogP contribution in [0.1, 0.15) is 24.8 Å². The average molecular weight is 322 g/mol. The van der Waals surface area contributed by atoms with Crippen molar-refractivity contribution in [2.24, 2.45) is 0 Å². The first-order valence-corrected chi connectivity index (χ1v) is 7.27. The van der Waals surface area contributed by atoms with Gasteiger partial charge in [-0.15, -0.1) is 0 Å². The standard InChI is InChI=1S/C16H22N2O5/c1-22-14(20)10-6-9-13(19)18-16(23-2)15(21)17-11-12-7-4-3-5-8-12/h3-5,7-8,16H,6,9-11H2,1-2H3,(H,17,21)(H,18,19). The van der Waals surface area contributed by atoms with Gasteiger partial charge in [-0.1, -0.05) is 30.3 Å². The number of carbonyl (C=O) groups is 3. The van der Waals surface area contributed by atoms with Crippen LogP contribution in [0, 0.1) is 0 Å². The Balaban J connectivity index is 2.35. The Morgan fingerprint density at radius 3 is 2.39 bits per heavy atom. The summed E-state index contributed by atoms with van der Waals surface area (Å²) in [5.41, 5.74) is 0.945. The highest BCUT2D eigenvalue weighted by molar-refractivity contribution is 5.86. The number of amides is 2. The van der Waals surface area contributed by atoms with E-state index >= 15 is 0 Å². The molecule has 0 aliphatic heterocycles. The van der Waals surface area contributed by atoms with Crippen molar-refractivity contribution >= 4 is 17.8 Å². The van der Waals surface area contributed by atoms with Crippen molar-refractivity contribution in [2.45, 2.75) is 32.0 Å². The van der Waals surface area contributed by atoms with Gasteiger partial charge in [0.15, 0.2) is 0 Å². The van der Waals surface area contributed by atoms with E-state index in [0.29, 0.717) is 13.0 Å². The maximum atomic E-state index is 12.0. The molecule has 0 saturated carbocycles. The van der Waals surface area contributed by atoms with Gasteiger partial charge in [-0.3, -0.25) is 14.4 Å². The molecule has 0 aliphatic carbocycles. The van der Waals surface area contributed by atoms with Gasteiger partial charge >= 0.3 is 5.97 Å². The van der Waals surface area contributed by atoms with Crippen molar-refractivity contribution in [3.63, 3.8) is 0 Å². The Kier molecular flexibility index (Phi) is 8.38. The van der Waals surface area contributed by atoms with Crippen LogP contribution in [0.15, 0.2) is 30.3 Å². The zero-order chi connectivity index (χ0) is 17.1. The molecule has 7 heteroatoms. The van der Waals surface area contributed by atoms with E-state index in [9.17, 15) is 14.4 Å². The third-order valence-electron chi connectivity index (χ3n) is 3.09. The molecule has 2 amide bonds. The van der Waals surface area contributed by atoms with Gasteiger partial charge in [0.1, 0.15) is 0 Å². The molecule has 0 saturated heterocycles. The van der Waals surface area contributed by atoms with Gasteiger partial charge in [0.25, 0.3) is 5.91 Å². The third kappa shape index (κ3) is 7.42. The largest absolute Gasteiger partial charge is 0.469 e. The first-order valence-electron chi connectivity index (χ1n) is 7.27. The van der Waals surface area contributed by atoms with Crippen LogP contribution in [0.3, 0.4) is 0 Å². The van der Waals surface area contributed by atoms with E-state index in [1.165, 1.54) is 14.2 Å². The second kappa shape index (κ2) is 10.3. The van der Waals surface area contributed by atoms with Gasteiger partial charge in [0.05, 0.1) is 7.11 Å². The Morgan fingerprint density at radius 1 is 1.09 bits per heavy atom.